The second kappa shape index (κ2) is 5.97. The summed E-state index contributed by atoms with van der Waals surface area (Å²) in [6.45, 7) is 3.22. The van der Waals surface area contributed by atoms with Crippen molar-refractivity contribution in [3.63, 3.8) is 0 Å². The van der Waals surface area contributed by atoms with Gasteiger partial charge in [0.2, 0.25) is 0 Å². The maximum atomic E-state index is 10.7. The van der Waals surface area contributed by atoms with Gasteiger partial charge in [-0.25, -0.2) is 14.8 Å². The maximum absolute atomic E-state index is 10.7. The third kappa shape index (κ3) is 3.64. The van der Waals surface area contributed by atoms with Crippen LogP contribution in [0.15, 0.2) is 12.4 Å². The molecule has 1 aromatic rings. The number of rotatable bonds is 4. The Hall–Kier alpha value is -1.69. The number of anilines is 1. The minimum Gasteiger partial charge on any atom is -0.476 e. The number of nitrogens with zero attached hydrogens (tertiary/aromatic N) is 4. The molecule has 1 saturated heterocycles. The highest BCUT2D eigenvalue weighted by atomic mass is 16.4. The first-order chi connectivity index (χ1) is 9.06. The Balaban J connectivity index is 1.92. The molecule has 0 saturated carbocycles. The lowest BCUT2D eigenvalue weighted by Gasteiger charge is -2.31. The molecule has 0 aromatic carbocycles. The number of carboxylic acid groups (broad SMARTS) is 1. The number of piperidine rings is 1. The molecule has 6 nitrogen and oxygen atoms in total. The van der Waals surface area contributed by atoms with Crippen LogP contribution < -0.4 is 4.90 Å². The van der Waals surface area contributed by atoms with Gasteiger partial charge in [0.25, 0.3) is 0 Å². The van der Waals surface area contributed by atoms with Crippen LogP contribution in [0.3, 0.4) is 0 Å². The van der Waals surface area contributed by atoms with Gasteiger partial charge in [0.05, 0.1) is 12.4 Å². The van der Waals surface area contributed by atoms with E-state index in [0.29, 0.717) is 5.92 Å². The minimum absolute atomic E-state index is 0.0172. The monoisotopic (exact) mass is 264 g/mol. The summed E-state index contributed by atoms with van der Waals surface area (Å²) in [6, 6.07) is 0. The summed E-state index contributed by atoms with van der Waals surface area (Å²) in [5.74, 6) is 0.350. The zero-order valence-corrected chi connectivity index (χ0v) is 11.4. The van der Waals surface area contributed by atoms with E-state index in [9.17, 15) is 4.79 Å². The lowest BCUT2D eigenvalue weighted by Crippen LogP contribution is -2.36. The van der Waals surface area contributed by atoms with Crippen LogP contribution in [-0.4, -0.2) is 59.7 Å². The van der Waals surface area contributed by atoms with Crippen LogP contribution in [0.5, 0.6) is 0 Å². The van der Waals surface area contributed by atoms with E-state index in [1.807, 2.05) is 7.05 Å². The summed E-state index contributed by atoms with van der Waals surface area (Å²) in [5, 5.41) is 8.78. The quantitative estimate of drug-likeness (QED) is 0.873. The summed E-state index contributed by atoms with van der Waals surface area (Å²) in [6.07, 6.45) is 5.23. The van der Waals surface area contributed by atoms with Gasteiger partial charge in [0.1, 0.15) is 5.82 Å². The molecule has 6 heteroatoms. The summed E-state index contributed by atoms with van der Waals surface area (Å²) in [5.41, 5.74) is -0.0172. The largest absolute Gasteiger partial charge is 0.476 e. The molecule has 19 heavy (non-hydrogen) atoms. The van der Waals surface area contributed by atoms with Gasteiger partial charge in [0.15, 0.2) is 5.69 Å². The van der Waals surface area contributed by atoms with Crippen LogP contribution in [0, 0.1) is 5.92 Å². The number of carbonyl (C=O) groups is 1. The summed E-state index contributed by atoms with van der Waals surface area (Å²) in [7, 11) is 4.12. The summed E-state index contributed by atoms with van der Waals surface area (Å²) < 4.78 is 0. The van der Waals surface area contributed by atoms with E-state index in [-0.39, 0.29) is 5.69 Å². The Bertz CT molecular complexity index is 427. The Morgan fingerprint density at radius 2 is 2.11 bits per heavy atom. The fraction of sp³-hybridized carbons (Fsp3) is 0.615. The molecule has 104 valence electrons. The smallest absolute Gasteiger partial charge is 0.356 e. The Morgan fingerprint density at radius 3 is 2.63 bits per heavy atom. The summed E-state index contributed by atoms with van der Waals surface area (Å²) >= 11 is 0. The zero-order valence-electron chi connectivity index (χ0n) is 11.4. The van der Waals surface area contributed by atoms with Crippen molar-refractivity contribution in [1.29, 1.82) is 0 Å². The van der Waals surface area contributed by atoms with Crippen LogP contribution in [0.4, 0.5) is 5.82 Å². The van der Waals surface area contributed by atoms with E-state index < -0.39 is 5.97 Å². The van der Waals surface area contributed by atoms with Crippen LogP contribution in [0.1, 0.15) is 23.3 Å². The van der Waals surface area contributed by atoms with E-state index >= 15 is 0 Å². The number of likely N-dealkylation sites (tertiary alicyclic amines) is 1. The van der Waals surface area contributed by atoms with Crippen molar-refractivity contribution in [1.82, 2.24) is 14.9 Å². The molecule has 0 spiro atoms. The Morgan fingerprint density at radius 1 is 1.42 bits per heavy atom. The van der Waals surface area contributed by atoms with Gasteiger partial charge in [-0.1, -0.05) is 0 Å². The van der Waals surface area contributed by atoms with Gasteiger partial charge in [-0.05, 0) is 38.9 Å². The van der Waals surface area contributed by atoms with E-state index in [0.717, 1.165) is 25.5 Å². The standard InChI is InChI=1S/C13H20N4O2/c1-16-5-3-10(4-6-16)9-17(2)12-8-14-11(7-15-12)13(18)19/h7-8,10H,3-6,9H2,1-2H3,(H,18,19). The van der Waals surface area contributed by atoms with Crippen LogP contribution in [0.25, 0.3) is 0 Å². The van der Waals surface area contributed by atoms with Crippen molar-refractivity contribution < 1.29 is 9.90 Å². The van der Waals surface area contributed by atoms with Crippen LogP contribution in [0.2, 0.25) is 0 Å². The predicted octanol–water partition coefficient (Wildman–Crippen LogP) is 0.953. The molecule has 0 aliphatic carbocycles. The van der Waals surface area contributed by atoms with E-state index in [1.54, 1.807) is 0 Å². The normalized spacial score (nSPS) is 17.4. The predicted molar refractivity (Wildman–Crippen MR) is 72.5 cm³/mol. The Labute approximate surface area is 113 Å². The van der Waals surface area contributed by atoms with Gasteiger partial charge in [-0.3, -0.25) is 0 Å². The molecule has 1 aliphatic rings. The van der Waals surface area contributed by atoms with E-state index in [2.05, 4.69) is 26.8 Å². The average molecular weight is 264 g/mol. The molecule has 1 N–H and O–H groups in total. The fourth-order valence-corrected chi connectivity index (χ4v) is 2.35. The van der Waals surface area contributed by atoms with Gasteiger partial charge in [-0.2, -0.15) is 0 Å². The molecule has 0 bridgehead atoms. The fourth-order valence-electron chi connectivity index (χ4n) is 2.35. The number of aromatic nitrogens is 2. The van der Waals surface area contributed by atoms with Crippen molar-refractivity contribution in [2.45, 2.75) is 12.8 Å². The van der Waals surface area contributed by atoms with Crippen molar-refractivity contribution >= 4 is 11.8 Å². The van der Waals surface area contributed by atoms with Gasteiger partial charge < -0.3 is 14.9 Å². The molecular weight excluding hydrogens is 244 g/mol. The summed E-state index contributed by atoms with van der Waals surface area (Å²) in [4.78, 5) is 23.1. The number of hydrogen-bond donors (Lipinski definition) is 1. The number of hydrogen-bond acceptors (Lipinski definition) is 5. The molecule has 0 unspecified atom stereocenters. The van der Waals surface area contributed by atoms with Gasteiger partial charge in [0, 0.05) is 13.6 Å². The highest BCUT2D eigenvalue weighted by molar-refractivity contribution is 5.84. The molecule has 1 aromatic heterocycles. The lowest BCUT2D eigenvalue weighted by atomic mass is 9.97. The lowest BCUT2D eigenvalue weighted by molar-refractivity contribution is 0.0690. The van der Waals surface area contributed by atoms with Crippen LogP contribution >= 0.6 is 0 Å². The molecule has 0 atom stereocenters. The second-order valence-electron chi connectivity index (χ2n) is 5.19. The van der Waals surface area contributed by atoms with Crippen LogP contribution in [-0.2, 0) is 0 Å². The third-order valence-electron chi connectivity index (χ3n) is 3.62. The zero-order chi connectivity index (χ0) is 13.8. The molecule has 2 rings (SSSR count). The first-order valence-electron chi connectivity index (χ1n) is 6.51. The SMILES string of the molecule is CN1CCC(CN(C)c2cnc(C(=O)O)cn2)CC1. The highest BCUT2D eigenvalue weighted by Gasteiger charge is 2.19. The van der Waals surface area contributed by atoms with E-state index in [4.69, 9.17) is 5.11 Å². The van der Waals surface area contributed by atoms with Gasteiger partial charge >= 0.3 is 5.97 Å². The highest BCUT2D eigenvalue weighted by Crippen LogP contribution is 2.19. The Kier molecular flexibility index (Phi) is 4.31. The van der Waals surface area contributed by atoms with Crippen molar-refractivity contribution in [3.05, 3.63) is 18.1 Å². The van der Waals surface area contributed by atoms with Crippen molar-refractivity contribution in [2.75, 3.05) is 38.6 Å². The molecule has 0 amide bonds. The van der Waals surface area contributed by atoms with E-state index in [1.165, 1.54) is 25.2 Å². The first kappa shape index (κ1) is 13.7. The average Bonchev–Trinajstić information content (AvgIpc) is 2.41. The number of aromatic carboxylic acids is 1. The molecule has 1 fully saturated rings. The molecule has 0 radical (unpaired) electrons. The van der Waals surface area contributed by atoms with Crippen molar-refractivity contribution in [2.24, 2.45) is 5.92 Å². The first-order valence-corrected chi connectivity index (χ1v) is 6.51. The molecule has 1 aliphatic heterocycles. The third-order valence-corrected chi connectivity index (χ3v) is 3.62. The van der Waals surface area contributed by atoms with Gasteiger partial charge in [-0.15, -0.1) is 0 Å². The maximum Gasteiger partial charge on any atom is 0.356 e. The topological polar surface area (TPSA) is 69.6 Å². The second-order valence-corrected chi connectivity index (χ2v) is 5.19. The molecule has 2 heterocycles. The van der Waals surface area contributed by atoms with Crippen molar-refractivity contribution in [3.8, 4) is 0 Å². The number of carboxylic acids is 1. The minimum atomic E-state index is -1.04. The molecular formula is C13H20N4O2.